The summed E-state index contributed by atoms with van der Waals surface area (Å²) in [6, 6.07) is 3.68. The molecule has 0 bridgehead atoms. The average Bonchev–Trinajstić information content (AvgIpc) is 2.33. The van der Waals surface area contributed by atoms with Gasteiger partial charge in [-0.25, -0.2) is 0 Å². The summed E-state index contributed by atoms with van der Waals surface area (Å²) in [4.78, 5) is 12.0. The number of methoxy groups -OCH3 is 1. The first-order valence-corrected chi connectivity index (χ1v) is 6.07. The third-order valence-corrected chi connectivity index (χ3v) is 3.80. The molecule has 1 fully saturated rings. The van der Waals surface area contributed by atoms with Crippen molar-refractivity contribution in [1.29, 1.82) is 0 Å². The van der Waals surface area contributed by atoms with E-state index in [0.717, 1.165) is 25.7 Å². The van der Waals surface area contributed by atoms with E-state index < -0.39 is 0 Å². The Labute approximate surface area is 101 Å². The predicted molar refractivity (Wildman–Crippen MR) is 68.0 cm³/mol. The van der Waals surface area contributed by atoms with E-state index in [9.17, 15) is 4.79 Å². The Kier molecular flexibility index (Phi) is 3.24. The molecule has 94 valence electrons. The summed E-state index contributed by atoms with van der Waals surface area (Å²) in [7, 11) is 1.74. The smallest absolute Gasteiger partial charge is 0.273 e. The second-order valence-electron chi connectivity index (χ2n) is 5.08. The number of hydrogen-bond acceptors (Lipinski definition) is 3. The molecule has 2 N–H and O–H groups in total. The van der Waals surface area contributed by atoms with Crippen LogP contribution in [0.2, 0.25) is 0 Å². The van der Waals surface area contributed by atoms with Crippen molar-refractivity contribution in [2.24, 2.45) is 0 Å². The molecule has 1 unspecified atom stereocenters. The van der Waals surface area contributed by atoms with E-state index in [1.807, 2.05) is 12.3 Å². The molecule has 0 spiro atoms. The van der Waals surface area contributed by atoms with Crippen molar-refractivity contribution in [3.8, 4) is 0 Å². The van der Waals surface area contributed by atoms with Crippen LogP contribution in [0.15, 0.2) is 23.1 Å². The number of ether oxygens (including phenoxy) is 1. The third-order valence-electron chi connectivity index (χ3n) is 3.80. The van der Waals surface area contributed by atoms with Crippen LogP contribution in [0, 0.1) is 0 Å². The summed E-state index contributed by atoms with van der Waals surface area (Å²) in [5.74, 6) is 0. The molecular formula is C13H20N2O2. The maximum Gasteiger partial charge on any atom is 0.273 e. The largest absolute Gasteiger partial charge is 0.394 e. The molecule has 0 radical (unpaired) electrons. The number of anilines is 1. The standard InChI is InChI=1S/C13H20N2O2/c1-13(17-2)7-3-5-10(9-13)15-8-4-6-11(14)12(15)16/h4,6,8,10H,3,5,7,9,14H2,1-2H3/t10?,13-/m1/s1. The lowest BCUT2D eigenvalue weighted by atomic mass is 9.83. The predicted octanol–water partition coefficient (Wildman–Crippen LogP) is 1.95. The van der Waals surface area contributed by atoms with Crippen molar-refractivity contribution < 1.29 is 4.74 Å². The van der Waals surface area contributed by atoms with Gasteiger partial charge in [0.2, 0.25) is 0 Å². The van der Waals surface area contributed by atoms with E-state index in [1.165, 1.54) is 0 Å². The van der Waals surface area contributed by atoms with Gasteiger partial charge in [-0.2, -0.15) is 0 Å². The maximum atomic E-state index is 12.0. The molecular weight excluding hydrogens is 216 g/mol. The minimum absolute atomic E-state index is 0.0853. The van der Waals surface area contributed by atoms with Crippen molar-refractivity contribution in [1.82, 2.24) is 4.57 Å². The van der Waals surface area contributed by atoms with Crippen LogP contribution in [0.25, 0.3) is 0 Å². The molecule has 1 aliphatic carbocycles. The highest BCUT2D eigenvalue weighted by Crippen LogP contribution is 2.36. The van der Waals surface area contributed by atoms with Crippen LogP contribution in [0.3, 0.4) is 0 Å². The van der Waals surface area contributed by atoms with Gasteiger partial charge in [-0.15, -0.1) is 0 Å². The Bertz CT molecular complexity index is 455. The van der Waals surface area contributed by atoms with Gasteiger partial charge in [0.25, 0.3) is 5.56 Å². The normalized spacial score (nSPS) is 29.2. The van der Waals surface area contributed by atoms with Crippen LogP contribution >= 0.6 is 0 Å². The lowest BCUT2D eigenvalue weighted by molar-refractivity contribution is -0.0375. The maximum absolute atomic E-state index is 12.0. The van der Waals surface area contributed by atoms with Crippen LogP contribution in [0.5, 0.6) is 0 Å². The summed E-state index contributed by atoms with van der Waals surface area (Å²) < 4.78 is 7.31. The van der Waals surface area contributed by atoms with Crippen molar-refractivity contribution in [2.75, 3.05) is 12.8 Å². The Hall–Kier alpha value is -1.29. The van der Waals surface area contributed by atoms with E-state index in [4.69, 9.17) is 10.5 Å². The van der Waals surface area contributed by atoms with E-state index in [1.54, 1.807) is 17.7 Å². The van der Waals surface area contributed by atoms with Crippen molar-refractivity contribution in [3.63, 3.8) is 0 Å². The van der Waals surface area contributed by atoms with E-state index in [2.05, 4.69) is 6.92 Å². The first kappa shape index (κ1) is 12.2. The summed E-state index contributed by atoms with van der Waals surface area (Å²) in [6.45, 7) is 2.11. The molecule has 4 nitrogen and oxygen atoms in total. The van der Waals surface area contributed by atoms with Gasteiger partial charge < -0.3 is 15.0 Å². The molecule has 1 aromatic heterocycles. The van der Waals surface area contributed by atoms with Crippen molar-refractivity contribution in [2.45, 2.75) is 44.2 Å². The van der Waals surface area contributed by atoms with Crippen LogP contribution < -0.4 is 11.3 Å². The highest BCUT2D eigenvalue weighted by atomic mass is 16.5. The highest BCUT2D eigenvalue weighted by molar-refractivity contribution is 5.33. The first-order valence-electron chi connectivity index (χ1n) is 6.07. The second-order valence-corrected chi connectivity index (χ2v) is 5.08. The molecule has 1 aliphatic rings. The Morgan fingerprint density at radius 1 is 1.59 bits per heavy atom. The van der Waals surface area contributed by atoms with E-state index in [-0.39, 0.29) is 17.2 Å². The fraction of sp³-hybridized carbons (Fsp3) is 0.615. The molecule has 17 heavy (non-hydrogen) atoms. The lowest BCUT2D eigenvalue weighted by Crippen LogP contribution is -2.38. The van der Waals surface area contributed by atoms with E-state index in [0.29, 0.717) is 5.69 Å². The fourth-order valence-electron chi connectivity index (χ4n) is 2.65. The molecule has 0 aliphatic heterocycles. The van der Waals surface area contributed by atoms with Gasteiger partial charge >= 0.3 is 0 Å². The van der Waals surface area contributed by atoms with Gasteiger partial charge in [0.15, 0.2) is 0 Å². The van der Waals surface area contributed by atoms with Crippen LogP contribution in [0.4, 0.5) is 5.69 Å². The second kappa shape index (κ2) is 4.53. The molecule has 2 rings (SSSR count). The Morgan fingerprint density at radius 2 is 2.35 bits per heavy atom. The van der Waals surface area contributed by atoms with Gasteiger partial charge in [-0.3, -0.25) is 4.79 Å². The average molecular weight is 236 g/mol. The zero-order chi connectivity index (χ0) is 12.5. The molecule has 0 saturated heterocycles. The monoisotopic (exact) mass is 236 g/mol. The van der Waals surface area contributed by atoms with Gasteiger partial charge in [-0.05, 0) is 44.7 Å². The minimum atomic E-state index is -0.118. The fourth-order valence-corrected chi connectivity index (χ4v) is 2.65. The number of nitrogens with zero attached hydrogens (tertiary/aromatic N) is 1. The molecule has 1 heterocycles. The molecule has 1 saturated carbocycles. The number of pyridine rings is 1. The summed E-state index contributed by atoms with van der Waals surface area (Å²) >= 11 is 0. The van der Waals surface area contributed by atoms with Crippen LogP contribution in [-0.4, -0.2) is 17.3 Å². The molecule has 4 heteroatoms. The number of rotatable bonds is 2. The Balaban J connectivity index is 2.28. The Morgan fingerprint density at radius 3 is 3.06 bits per heavy atom. The molecule has 2 atom stereocenters. The van der Waals surface area contributed by atoms with Gasteiger partial charge in [0, 0.05) is 19.3 Å². The van der Waals surface area contributed by atoms with Gasteiger partial charge in [-0.1, -0.05) is 0 Å². The van der Waals surface area contributed by atoms with Crippen LogP contribution in [-0.2, 0) is 4.74 Å². The quantitative estimate of drug-likeness (QED) is 0.853. The van der Waals surface area contributed by atoms with Crippen molar-refractivity contribution >= 4 is 5.69 Å². The number of nitrogen functional groups attached to an aromatic ring is 1. The first-order chi connectivity index (χ1) is 8.06. The molecule has 1 aromatic rings. The summed E-state index contributed by atoms with van der Waals surface area (Å²) in [6.07, 6.45) is 5.84. The van der Waals surface area contributed by atoms with Crippen molar-refractivity contribution in [3.05, 3.63) is 28.7 Å². The summed E-state index contributed by atoms with van der Waals surface area (Å²) in [5.41, 5.74) is 5.78. The lowest BCUT2D eigenvalue weighted by Gasteiger charge is -2.37. The SMILES string of the molecule is CO[C@]1(C)CCCC(n2cccc(N)c2=O)C1. The van der Waals surface area contributed by atoms with Gasteiger partial charge in [0.05, 0.1) is 11.3 Å². The highest BCUT2D eigenvalue weighted by Gasteiger charge is 2.33. The van der Waals surface area contributed by atoms with Crippen LogP contribution in [0.1, 0.15) is 38.6 Å². The minimum Gasteiger partial charge on any atom is -0.394 e. The summed E-state index contributed by atoms with van der Waals surface area (Å²) in [5, 5.41) is 0. The third kappa shape index (κ3) is 2.36. The zero-order valence-electron chi connectivity index (χ0n) is 10.5. The topological polar surface area (TPSA) is 57.2 Å². The zero-order valence-corrected chi connectivity index (χ0v) is 10.5. The number of aromatic nitrogens is 1. The van der Waals surface area contributed by atoms with E-state index >= 15 is 0 Å². The number of hydrogen-bond donors (Lipinski definition) is 1. The molecule has 0 aromatic carbocycles. The molecule has 0 amide bonds. The van der Waals surface area contributed by atoms with Gasteiger partial charge in [0.1, 0.15) is 0 Å². The number of nitrogens with two attached hydrogens (primary N) is 1.